The zero-order chi connectivity index (χ0) is 35.4. The number of β-lactam (4-membered cyclic amide) rings is 1. The summed E-state index contributed by atoms with van der Waals surface area (Å²) in [5, 5.41) is 5.51. The Bertz CT molecular complexity index is 1220. The van der Waals surface area contributed by atoms with Crippen LogP contribution in [0.4, 0.5) is 9.59 Å². The summed E-state index contributed by atoms with van der Waals surface area (Å²) >= 11 is 0. The second-order valence-corrected chi connectivity index (χ2v) is 19.5. The van der Waals surface area contributed by atoms with Crippen LogP contribution < -0.4 is 25.6 Å². The highest BCUT2D eigenvalue weighted by molar-refractivity contribution is 7.32. The van der Waals surface area contributed by atoms with Gasteiger partial charge in [0.15, 0.2) is 32.3 Å². The molecular weight excluding hydrogens is 694 g/mol. The minimum atomic E-state index is -1.95. The summed E-state index contributed by atoms with van der Waals surface area (Å²) in [6.07, 6.45) is -1.03. The molecule has 0 radical (unpaired) electrons. The molecule has 266 valence electrons. The van der Waals surface area contributed by atoms with E-state index in [4.69, 9.17) is 18.0 Å². The molecule has 0 bridgehead atoms. The summed E-state index contributed by atoms with van der Waals surface area (Å²) in [5.41, 5.74) is 1.26. The van der Waals surface area contributed by atoms with Gasteiger partial charge in [-0.05, 0) is 49.5 Å². The Morgan fingerprint density at radius 3 is 2.27 bits per heavy atom. The van der Waals surface area contributed by atoms with E-state index >= 15 is 0 Å². The molecule has 5 unspecified atom stereocenters. The zero-order valence-corrected chi connectivity index (χ0v) is 33.2. The molecule has 0 aromatic heterocycles. The topological polar surface area (TPSA) is 184 Å². The maximum Gasteiger partial charge on any atom is 0.440 e. The predicted octanol–water partition coefficient (Wildman–Crippen LogP) is -0.260. The maximum absolute atomic E-state index is 13.7. The number of aliphatic imine (C=N–C) groups is 1. The summed E-state index contributed by atoms with van der Waals surface area (Å²) in [4.78, 5) is 67.5. The molecule has 8 atom stereocenters. The first-order chi connectivity index (χ1) is 23.0. The maximum atomic E-state index is 13.7. The van der Waals surface area contributed by atoms with Gasteiger partial charge in [0.25, 0.3) is 0 Å². The number of amides is 3. The molecule has 0 aromatic carbocycles. The fourth-order valence-electron chi connectivity index (χ4n) is 6.69. The van der Waals surface area contributed by atoms with Crippen molar-refractivity contribution in [2.24, 2.45) is 22.7 Å². The van der Waals surface area contributed by atoms with Gasteiger partial charge < -0.3 is 43.2 Å². The van der Waals surface area contributed by atoms with Crippen LogP contribution in [0.2, 0.25) is 18.1 Å². The third kappa shape index (κ3) is 10.2. The van der Waals surface area contributed by atoms with Crippen molar-refractivity contribution in [3.63, 3.8) is 0 Å². The molecule has 0 saturated carbocycles. The second kappa shape index (κ2) is 19.7. The molecule has 48 heavy (non-hydrogen) atoms. The van der Waals surface area contributed by atoms with E-state index < -0.39 is 26.5 Å². The van der Waals surface area contributed by atoms with E-state index in [-0.39, 0.29) is 68.6 Å². The Kier molecular flexibility index (Phi) is 16.7. The van der Waals surface area contributed by atoms with Gasteiger partial charge in [0.1, 0.15) is 32.6 Å². The van der Waals surface area contributed by atoms with Crippen LogP contribution >= 0.6 is 26.9 Å². The van der Waals surface area contributed by atoms with Crippen LogP contribution in [0.1, 0.15) is 41.0 Å². The van der Waals surface area contributed by atoms with Crippen molar-refractivity contribution in [2.75, 3.05) is 26.2 Å². The molecule has 3 amide bonds. The number of nitrogens with one attached hydrogen (secondary N) is 5. The number of fused-ring (bicyclic) bond motifs is 1. The first-order valence-corrected chi connectivity index (χ1v) is 21.7. The molecule has 3 aliphatic heterocycles. The molecule has 16 nitrogen and oxygen atoms in total. The van der Waals surface area contributed by atoms with Gasteiger partial charge in [0, 0.05) is 25.6 Å². The minimum absolute atomic E-state index is 0.0473. The molecule has 0 spiro atoms. The van der Waals surface area contributed by atoms with Crippen LogP contribution in [0.5, 0.6) is 0 Å². The second-order valence-electron chi connectivity index (χ2n) is 12.0. The number of carbonyl (C=O) groups is 4. The summed E-state index contributed by atoms with van der Waals surface area (Å²) in [6, 6.07) is 2.84. The lowest BCUT2D eigenvalue weighted by Gasteiger charge is -2.49. The van der Waals surface area contributed by atoms with Gasteiger partial charge in [-0.1, -0.05) is 27.7 Å². The van der Waals surface area contributed by atoms with Crippen molar-refractivity contribution in [3.8, 4) is 0 Å². The summed E-state index contributed by atoms with van der Waals surface area (Å²) in [5.74, 6) is -0.854. The monoisotopic (exact) mass is 744 g/mol. The van der Waals surface area contributed by atoms with Gasteiger partial charge in [-0.15, -0.1) is 4.99 Å². The lowest BCUT2D eigenvalue weighted by Crippen LogP contribution is -2.65. The van der Waals surface area contributed by atoms with E-state index in [0.29, 0.717) is 25.3 Å². The van der Waals surface area contributed by atoms with Crippen molar-refractivity contribution in [3.05, 3.63) is 11.3 Å². The molecule has 3 heterocycles. The average molecular weight is 744 g/mol. The third-order valence-corrected chi connectivity index (χ3v) is 15.5. The van der Waals surface area contributed by atoms with Crippen LogP contribution in [-0.4, -0.2) is 110 Å². The van der Waals surface area contributed by atoms with Crippen LogP contribution in [0, 0.1) is 17.8 Å². The van der Waals surface area contributed by atoms with Gasteiger partial charge in [-0.2, -0.15) is 0 Å². The fourth-order valence-corrected chi connectivity index (χ4v) is 10.4. The zero-order valence-electron chi connectivity index (χ0n) is 29.2. The molecule has 3 rings (SSSR count). The van der Waals surface area contributed by atoms with Crippen LogP contribution in [0.25, 0.3) is 0 Å². The number of nitrogens with zero attached hydrogens (tertiary/aromatic N) is 3. The van der Waals surface area contributed by atoms with Crippen LogP contribution in [-0.2, 0) is 27.6 Å². The van der Waals surface area contributed by atoms with Gasteiger partial charge in [0.2, 0.25) is 11.9 Å². The van der Waals surface area contributed by atoms with Crippen molar-refractivity contribution in [1.29, 1.82) is 0 Å². The van der Waals surface area contributed by atoms with E-state index in [9.17, 15) is 19.2 Å². The predicted molar refractivity (Wildman–Crippen MR) is 200 cm³/mol. The van der Waals surface area contributed by atoms with Crippen LogP contribution in [0.15, 0.2) is 16.3 Å². The number of hydrogen-bond donors (Lipinski definition) is 5. The van der Waals surface area contributed by atoms with E-state index in [2.05, 4.69) is 63.2 Å². The van der Waals surface area contributed by atoms with Crippen molar-refractivity contribution < 1.29 is 37.2 Å². The Morgan fingerprint density at radius 1 is 1.02 bits per heavy atom. The van der Waals surface area contributed by atoms with E-state index in [0.717, 1.165) is 36.7 Å². The SMILES string of the molecule is BNPOC(=O)/N=C(\NC[C@H]1CCN(CC2=C(C(=O)OPNB)N3C(=O)C([C@@H](C)O[Si](CC)(CC)CC)C3[C@H]2C)C1)NC(=O)OPNB. The van der Waals surface area contributed by atoms with Crippen LogP contribution in [0.3, 0.4) is 0 Å². The minimum Gasteiger partial charge on any atom is -0.428 e. The highest BCUT2D eigenvalue weighted by Crippen LogP contribution is 2.49. The molecule has 0 aromatic rings. The molecule has 0 aliphatic carbocycles. The molecular formula is C25H50B3N8O8P3Si. The Balaban J connectivity index is 1.72. The Labute approximate surface area is 292 Å². The fraction of sp³-hybridized carbons (Fsp3) is 0.720. The molecule has 3 aliphatic rings. The smallest absolute Gasteiger partial charge is 0.428 e. The highest BCUT2D eigenvalue weighted by atomic mass is 31.1. The molecule has 2 saturated heterocycles. The standard InChI is InChI=1S/C25H50B3N8O8P3Si/c1-6-48(7-2,8-3)44-15(5)18-19-14(4)17(20(36(19)21(18)37)22(38)41-45-32-26)13-35-10-9-16(12-35)11-29-23(30-24(39)42-46-33-27)31-25(40)43-47-34-28/h14-16,18-19,32-34,45-47H,6-13,26-28H2,1-5H3,(H2,29,30,31,39,40)/t14-,15+,16+,18?,19?/m0/s1. The summed E-state index contributed by atoms with van der Waals surface area (Å²) in [6.45, 7) is 13.0. The number of carbonyl (C=O) groups excluding carboxylic acids is 4. The van der Waals surface area contributed by atoms with Crippen molar-refractivity contribution in [2.45, 2.75) is 71.3 Å². The lowest BCUT2D eigenvalue weighted by atomic mass is 9.77. The van der Waals surface area contributed by atoms with E-state index in [1.807, 2.05) is 6.92 Å². The summed E-state index contributed by atoms with van der Waals surface area (Å²) < 4.78 is 22.2. The average Bonchev–Trinajstić information content (AvgIpc) is 3.62. The van der Waals surface area contributed by atoms with Gasteiger partial charge >= 0.3 is 18.2 Å². The molecule has 2 fully saturated rings. The van der Waals surface area contributed by atoms with Crippen molar-refractivity contribution in [1.82, 2.24) is 35.4 Å². The van der Waals surface area contributed by atoms with Crippen molar-refractivity contribution >= 4 is 89.2 Å². The quantitative estimate of drug-likeness (QED) is 0.0328. The number of likely N-dealkylation sites (tertiary alicyclic amines) is 1. The largest absolute Gasteiger partial charge is 0.440 e. The molecule has 23 heteroatoms. The van der Waals surface area contributed by atoms with Gasteiger partial charge in [-0.3, -0.25) is 15.0 Å². The summed E-state index contributed by atoms with van der Waals surface area (Å²) in [7, 11) is 2.27. The normalized spacial score (nSPS) is 24.1. The lowest BCUT2D eigenvalue weighted by molar-refractivity contribution is -0.161. The van der Waals surface area contributed by atoms with E-state index in [1.165, 1.54) is 0 Å². The van der Waals surface area contributed by atoms with Gasteiger partial charge in [-0.25, -0.2) is 14.4 Å². The number of guanidine groups is 1. The first-order valence-electron chi connectivity index (χ1n) is 16.4. The Morgan fingerprint density at radius 2 is 1.65 bits per heavy atom. The molecule has 5 N–H and O–H groups in total. The Hall–Kier alpha value is -1.61. The first kappa shape index (κ1) is 40.8. The highest BCUT2D eigenvalue weighted by Gasteiger charge is 2.61. The van der Waals surface area contributed by atoms with E-state index in [1.54, 1.807) is 28.8 Å². The number of hydrogen-bond acceptors (Lipinski definition) is 12. The third-order valence-electron chi connectivity index (χ3n) is 9.34. The van der Waals surface area contributed by atoms with Gasteiger partial charge in [0.05, 0.1) is 18.1 Å². The number of rotatable bonds is 17.